The average molecular weight is 424 g/mol. The molecule has 0 atom stereocenters. The van der Waals surface area contributed by atoms with Crippen LogP contribution in [0.1, 0.15) is 17.3 Å². The lowest BCUT2D eigenvalue weighted by Crippen LogP contribution is -2.24. The molecule has 2 aromatic carbocycles. The van der Waals surface area contributed by atoms with Crippen LogP contribution in [0.5, 0.6) is 5.75 Å². The summed E-state index contributed by atoms with van der Waals surface area (Å²) >= 11 is 3.11. The van der Waals surface area contributed by atoms with Crippen molar-refractivity contribution in [3.8, 4) is 5.75 Å². The molecular formula is C18H15BrFNO5. The van der Waals surface area contributed by atoms with Gasteiger partial charge >= 0.3 is 5.97 Å². The lowest BCUT2D eigenvalue weighted by molar-refractivity contribution is -0.149. The molecule has 8 heteroatoms. The summed E-state index contributed by atoms with van der Waals surface area (Å²) in [4.78, 5) is 34.5. The predicted octanol–water partition coefficient (Wildman–Crippen LogP) is 3.35. The number of rotatable bonds is 7. The number of hydrogen-bond donors (Lipinski definition) is 1. The highest BCUT2D eigenvalue weighted by Gasteiger charge is 2.11. The zero-order valence-electron chi connectivity index (χ0n) is 13.8. The number of nitrogens with one attached hydrogen (secondary N) is 1. The number of ketones is 1. The highest BCUT2D eigenvalue weighted by molar-refractivity contribution is 9.10. The van der Waals surface area contributed by atoms with Crippen LogP contribution in [0.15, 0.2) is 46.9 Å². The molecule has 0 saturated heterocycles. The quantitative estimate of drug-likeness (QED) is 0.545. The number of amides is 1. The zero-order chi connectivity index (χ0) is 19.1. The number of hydrogen-bond acceptors (Lipinski definition) is 5. The van der Waals surface area contributed by atoms with Crippen molar-refractivity contribution < 1.29 is 28.2 Å². The Hall–Kier alpha value is -2.74. The summed E-state index contributed by atoms with van der Waals surface area (Å²) < 4.78 is 24.1. The van der Waals surface area contributed by atoms with E-state index in [0.717, 1.165) is 0 Å². The van der Waals surface area contributed by atoms with Crippen molar-refractivity contribution in [1.82, 2.24) is 0 Å². The van der Waals surface area contributed by atoms with E-state index < -0.39 is 30.9 Å². The minimum Gasteiger partial charge on any atom is -0.482 e. The first-order valence-electron chi connectivity index (χ1n) is 7.49. The van der Waals surface area contributed by atoms with E-state index in [9.17, 15) is 18.8 Å². The largest absolute Gasteiger partial charge is 0.482 e. The summed E-state index contributed by atoms with van der Waals surface area (Å²) in [5.41, 5.74) is 0.507. The van der Waals surface area contributed by atoms with E-state index in [1.165, 1.54) is 19.1 Å². The standard InChI is InChI=1S/C18H15BrFNO5/c1-11(22)12-2-5-14(6-3-12)25-10-18(24)26-9-17(23)21-16-7-4-13(19)8-15(16)20/h2-8H,9-10H2,1H3,(H,21,23). The molecule has 0 aliphatic rings. The second-order valence-electron chi connectivity index (χ2n) is 5.20. The summed E-state index contributed by atoms with van der Waals surface area (Å²) in [6.07, 6.45) is 0. The van der Waals surface area contributed by atoms with Crippen LogP contribution < -0.4 is 10.1 Å². The van der Waals surface area contributed by atoms with Crippen molar-refractivity contribution in [2.45, 2.75) is 6.92 Å². The molecule has 26 heavy (non-hydrogen) atoms. The van der Waals surface area contributed by atoms with Crippen LogP contribution in [-0.4, -0.2) is 30.9 Å². The van der Waals surface area contributed by atoms with Gasteiger partial charge in [-0.15, -0.1) is 0 Å². The van der Waals surface area contributed by atoms with Crippen LogP contribution >= 0.6 is 15.9 Å². The van der Waals surface area contributed by atoms with Gasteiger partial charge in [-0.2, -0.15) is 0 Å². The number of carbonyl (C=O) groups is 3. The first-order valence-corrected chi connectivity index (χ1v) is 8.29. The molecule has 0 unspecified atom stereocenters. The number of carbonyl (C=O) groups excluding carboxylic acids is 3. The van der Waals surface area contributed by atoms with Crippen molar-refractivity contribution in [2.24, 2.45) is 0 Å². The zero-order valence-corrected chi connectivity index (χ0v) is 15.3. The first kappa shape index (κ1) is 19.6. The Kier molecular flexibility index (Phi) is 6.85. The number of anilines is 1. The Morgan fingerprint density at radius 1 is 1.08 bits per heavy atom. The Bertz CT molecular complexity index is 823. The maximum absolute atomic E-state index is 13.6. The predicted molar refractivity (Wildman–Crippen MR) is 95.6 cm³/mol. The Balaban J connectivity index is 1.75. The number of ether oxygens (including phenoxy) is 2. The van der Waals surface area contributed by atoms with Crippen LogP contribution in [-0.2, 0) is 14.3 Å². The monoisotopic (exact) mass is 423 g/mol. The maximum atomic E-state index is 13.6. The van der Waals surface area contributed by atoms with Crippen molar-refractivity contribution in [2.75, 3.05) is 18.5 Å². The molecule has 136 valence electrons. The smallest absolute Gasteiger partial charge is 0.344 e. The molecule has 0 radical (unpaired) electrons. The van der Waals surface area contributed by atoms with E-state index in [2.05, 4.69) is 21.2 Å². The summed E-state index contributed by atoms with van der Waals surface area (Å²) in [7, 11) is 0. The molecule has 0 spiro atoms. The molecule has 0 saturated carbocycles. The van der Waals surface area contributed by atoms with E-state index in [-0.39, 0.29) is 11.5 Å². The number of halogens is 2. The summed E-state index contributed by atoms with van der Waals surface area (Å²) in [6, 6.07) is 10.4. The molecule has 0 fully saturated rings. The van der Waals surface area contributed by atoms with Crippen LogP contribution in [0, 0.1) is 5.82 Å². The van der Waals surface area contributed by atoms with Crippen LogP contribution in [0.4, 0.5) is 10.1 Å². The van der Waals surface area contributed by atoms with Crippen molar-refractivity contribution in [3.05, 3.63) is 58.3 Å². The Morgan fingerprint density at radius 2 is 1.77 bits per heavy atom. The maximum Gasteiger partial charge on any atom is 0.344 e. The van der Waals surface area contributed by atoms with Gasteiger partial charge in [-0.1, -0.05) is 15.9 Å². The van der Waals surface area contributed by atoms with Gasteiger partial charge in [0.25, 0.3) is 5.91 Å². The normalized spacial score (nSPS) is 10.1. The summed E-state index contributed by atoms with van der Waals surface area (Å²) in [6.45, 7) is 0.471. The third-order valence-corrected chi connectivity index (χ3v) is 3.68. The summed E-state index contributed by atoms with van der Waals surface area (Å²) in [5, 5.41) is 2.30. The fraction of sp³-hybridized carbons (Fsp3) is 0.167. The molecule has 0 aromatic heterocycles. The van der Waals surface area contributed by atoms with E-state index in [1.54, 1.807) is 30.3 Å². The average Bonchev–Trinajstić information content (AvgIpc) is 2.61. The van der Waals surface area contributed by atoms with Gasteiger partial charge in [0.2, 0.25) is 0 Å². The molecule has 6 nitrogen and oxygen atoms in total. The van der Waals surface area contributed by atoms with E-state index in [4.69, 9.17) is 9.47 Å². The molecule has 1 amide bonds. The third kappa shape index (κ3) is 5.96. The minimum absolute atomic E-state index is 0.0175. The summed E-state index contributed by atoms with van der Waals surface area (Å²) in [5.74, 6) is -1.74. The van der Waals surface area contributed by atoms with Gasteiger partial charge in [-0.05, 0) is 49.4 Å². The topological polar surface area (TPSA) is 81.7 Å². The highest BCUT2D eigenvalue weighted by atomic mass is 79.9. The third-order valence-electron chi connectivity index (χ3n) is 3.19. The van der Waals surface area contributed by atoms with Crippen LogP contribution in [0.3, 0.4) is 0 Å². The molecule has 1 N–H and O–H groups in total. The molecular weight excluding hydrogens is 409 g/mol. The fourth-order valence-corrected chi connectivity index (χ4v) is 2.23. The van der Waals surface area contributed by atoms with E-state index in [0.29, 0.717) is 15.8 Å². The molecule has 2 rings (SSSR count). The second-order valence-corrected chi connectivity index (χ2v) is 6.12. The van der Waals surface area contributed by atoms with Crippen molar-refractivity contribution in [1.29, 1.82) is 0 Å². The number of benzene rings is 2. The van der Waals surface area contributed by atoms with Gasteiger partial charge in [0.05, 0.1) is 5.69 Å². The van der Waals surface area contributed by atoms with Gasteiger partial charge in [0, 0.05) is 10.0 Å². The Labute approximate surface area is 157 Å². The van der Waals surface area contributed by atoms with Gasteiger partial charge < -0.3 is 14.8 Å². The fourth-order valence-electron chi connectivity index (χ4n) is 1.89. The van der Waals surface area contributed by atoms with Gasteiger partial charge in [-0.3, -0.25) is 9.59 Å². The number of esters is 1. The van der Waals surface area contributed by atoms with Gasteiger partial charge in [0.15, 0.2) is 19.0 Å². The molecule has 2 aromatic rings. The molecule has 0 aliphatic heterocycles. The highest BCUT2D eigenvalue weighted by Crippen LogP contribution is 2.19. The second kappa shape index (κ2) is 9.10. The minimum atomic E-state index is -0.757. The lowest BCUT2D eigenvalue weighted by atomic mass is 10.1. The van der Waals surface area contributed by atoms with Crippen LogP contribution in [0.2, 0.25) is 0 Å². The van der Waals surface area contributed by atoms with Crippen molar-refractivity contribution in [3.63, 3.8) is 0 Å². The van der Waals surface area contributed by atoms with Gasteiger partial charge in [0.1, 0.15) is 11.6 Å². The van der Waals surface area contributed by atoms with E-state index in [1.807, 2.05) is 0 Å². The number of Topliss-reactive ketones (excluding diaryl/α,β-unsaturated/α-hetero) is 1. The molecule has 0 bridgehead atoms. The lowest BCUT2D eigenvalue weighted by Gasteiger charge is -2.09. The Morgan fingerprint density at radius 3 is 2.38 bits per heavy atom. The SMILES string of the molecule is CC(=O)c1ccc(OCC(=O)OCC(=O)Nc2ccc(Br)cc2F)cc1. The molecule has 0 heterocycles. The first-order chi connectivity index (χ1) is 12.3. The van der Waals surface area contributed by atoms with Crippen LogP contribution in [0.25, 0.3) is 0 Å². The van der Waals surface area contributed by atoms with Gasteiger partial charge in [-0.25, -0.2) is 9.18 Å². The van der Waals surface area contributed by atoms with Crippen molar-refractivity contribution >= 4 is 39.3 Å². The molecule has 0 aliphatic carbocycles. The van der Waals surface area contributed by atoms with E-state index >= 15 is 0 Å².